The van der Waals surface area contributed by atoms with Gasteiger partial charge in [-0.3, -0.25) is 9.69 Å². The number of nitrogens with one attached hydrogen (secondary N) is 1. The lowest BCUT2D eigenvalue weighted by Gasteiger charge is -2.28. The highest BCUT2D eigenvalue weighted by molar-refractivity contribution is 7.17. The van der Waals surface area contributed by atoms with Gasteiger partial charge in [0.25, 0.3) is 5.91 Å². The third kappa shape index (κ3) is 6.39. The van der Waals surface area contributed by atoms with Crippen molar-refractivity contribution in [1.82, 2.24) is 24.8 Å². The van der Waals surface area contributed by atoms with Gasteiger partial charge in [0.1, 0.15) is 10.7 Å². The second-order valence-corrected chi connectivity index (χ2v) is 8.87. The number of aromatic nitrogens is 3. The molecule has 3 aromatic rings. The fraction of sp³-hybridized carbons (Fsp3) is 0.391. The third-order valence-corrected chi connectivity index (χ3v) is 6.38. The first-order valence-corrected chi connectivity index (χ1v) is 12.0. The topological polar surface area (TPSA) is 92.6 Å². The van der Waals surface area contributed by atoms with Crippen molar-refractivity contribution in [2.45, 2.75) is 25.9 Å². The van der Waals surface area contributed by atoms with Crippen molar-refractivity contribution >= 4 is 28.4 Å². The van der Waals surface area contributed by atoms with Gasteiger partial charge in [-0.15, -0.1) is 0 Å². The predicted octanol–water partition coefficient (Wildman–Crippen LogP) is 3.15. The number of carbonyl (C=O) groups excluding carboxylic acids is 2. The molecule has 0 bridgehead atoms. The monoisotopic (exact) mass is 486 g/mol. The quantitative estimate of drug-likeness (QED) is 0.494. The molecule has 1 N–H and O–H groups in total. The van der Waals surface area contributed by atoms with Gasteiger partial charge in [-0.05, 0) is 30.5 Å². The van der Waals surface area contributed by atoms with Gasteiger partial charge in [0.15, 0.2) is 5.13 Å². The number of thiazole rings is 1. The van der Waals surface area contributed by atoms with Crippen LogP contribution in [0.1, 0.15) is 28.1 Å². The molecule has 0 aliphatic carbocycles. The number of aryl methyl sites for hydroxylation is 1. The van der Waals surface area contributed by atoms with E-state index in [-0.39, 0.29) is 24.3 Å². The Balaban J connectivity index is 1.44. The summed E-state index contributed by atoms with van der Waals surface area (Å²) in [6.45, 7) is 3.63. The largest absolute Gasteiger partial charge is 0.380 e. The average Bonchev–Trinajstić information content (AvgIpc) is 3.48. The molecule has 9 nitrogen and oxygen atoms in total. The molecular weight excluding hydrogens is 459 g/mol. The van der Waals surface area contributed by atoms with Crippen LogP contribution in [-0.4, -0.2) is 64.2 Å². The van der Waals surface area contributed by atoms with Crippen molar-refractivity contribution in [2.24, 2.45) is 0 Å². The predicted molar refractivity (Wildman–Crippen MR) is 126 cm³/mol. The zero-order chi connectivity index (χ0) is 23.8. The van der Waals surface area contributed by atoms with Gasteiger partial charge in [-0.1, -0.05) is 23.5 Å². The van der Waals surface area contributed by atoms with Crippen molar-refractivity contribution in [3.8, 4) is 0 Å². The number of carbonyl (C=O) groups is 2. The van der Waals surface area contributed by atoms with Crippen molar-refractivity contribution in [3.05, 3.63) is 65.4 Å². The second-order valence-electron chi connectivity index (χ2n) is 7.87. The summed E-state index contributed by atoms with van der Waals surface area (Å²) in [5.41, 5.74) is 0.765. The number of nitrogens with zero attached hydrogens (tertiary/aromatic N) is 5. The molecule has 4 rings (SSSR count). The zero-order valence-electron chi connectivity index (χ0n) is 18.7. The van der Waals surface area contributed by atoms with E-state index in [0.717, 1.165) is 36.3 Å². The van der Waals surface area contributed by atoms with Gasteiger partial charge in [-0.25, -0.2) is 19.2 Å². The average molecular weight is 487 g/mol. The minimum Gasteiger partial charge on any atom is -0.380 e. The second kappa shape index (κ2) is 11.7. The highest BCUT2D eigenvalue weighted by Crippen LogP contribution is 2.26. The van der Waals surface area contributed by atoms with E-state index in [1.165, 1.54) is 18.3 Å². The molecule has 1 aliphatic rings. The van der Waals surface area contributed by atoms with Crippen LogP contribution >= 0.6 is 11.3 Å². The summed E-state index contributed by atoms with van der Waals surface area (Å²) in [7, 11) is 0. The van der Waals surface area contributed by atoms with Gasteiger partial charge < -0.3 is 19.5 Å². The lowest BCUT2D eigenvalue weighted by atomic mass is 10.2. The maximum Gasteiger partial charge on any atom is 0.326 e. The number of rotatable bonds is 8. The first-order valence-electron chi connectivity index (χ1n) is 11.2. The van der Waals surface area contributed by atoms with E-state index in [2.05, 4.69) is 15.3 Å². The fourth-order valence-electron chi connectivity index (χ4n) is 3.56. The Morgan fingerprint density at radius 3 is 2.85 bits per heavy atom. The van der Waals surface area contributed by atoms with E-state index < -0.39 is 0 Å². The van der Waals surface area contributed by atoms with E-state index in [0.29, 0.717) is 42.9 Å². The van der Waals surface area contributed by atoms with Crippen LogP contribution < -0.4 is 10.2 Å². The first kappa shape index (κ1) is 23.8. The van der Waals surface area contributed by atoms with Crippen LogP contribution in [0, 0.1) is 5.82 Å². The number of anilines is 1. The van der Waals surface area contributed by atoms with Crippen LogP contribution in [0.3, 0.4) is 0 Å². The lowest BCUT2D eigenvalue weighted by Crippen LogP contribution is -2.44. The maximum atomic E-state index is 13.4. The van der Waals surface area contributed by atoms with Gasteiger partial charge in [-0.2, -0.15) is 0 Å². The molecule has 1 fully saturated rings. The van der Waals surface area contributed by atoms with Crippen molar-refractivity contribution < 1.29 is 18.7 Å². The molecule has 3 heterocycles. The Morgan fingerprint density at radius 2 is 2.06 bits per heavy atom. The Bertz CT molecular complexity index is 1060. The van der Waals surface area contributed by atoms with Crippen LogP contribution in [0.25, 0.3) is 0 Å². The number of hydrogen-bond acceptors (Lipinski definition) is 6. The minimum absolute atomic E-state index is 0.212. The molecule has 0 atom stereocenters. The van der Waals surface area contributed by atoms with E-state index in [1.807, 2.05) is 10.8 Å². The molecule has 0 saturated carbocycles. The lowest BCUT2D eigenvalue weighted by molar-refractivity contribution is 0.0956. The van der Waals surface area contributed by atoms with E-state index in [4.69, 9.17) is 4.74 Å². The number of urea groups is 1. The van der Waals surface area contributed by atoms with E-state index in [1.54, 1.807) is 34.5 Å². The number of benzene rings is 1. The number of imidazole rings is 1. The van der Waals surface area contributed by atoms with E-state index >= 15 is 0 Å². The Labute approximate surface area is 201 Å². The number of halogens is 1. The van der Waals surface area contributed by atoms with Crippen LogP contribution in [-0.2, 0) is 17.8 Å². The molecule has 1 aromatic carbocycles. The highest BCUT2D eigenvalue weighted by atomic mass is 32.1. The number of ether oxygens (including phenoxy) is 1. The van der Waals surface area contributed by atoms with Crippen LogP contribution in [0.5, 0.6) is 0 Å². The van der Waals surface area contributed by atoms with Crippen LogP contribution in [0.2, 0.25) is 0 Å². The summed E-state index contributed by atoms with van der Waals surface area (Å²) in [6, 6.07) is 5.80. The zero-order valence-corrected chi connectivity index (χ0v) is 19.5. The SMILES string of the molecule is O=C(NCCCn1ccnc1)c1cnc(N(Cc2ccc(F)cc2)C(=O)N2CCCOCC2)s1. The fourth-order valence-corrected chi connectivity index (χ4v) is 4.39. The van der Waals surface area contributed by atoms with Gasteiger partial charge in [0.2, 0.25) is 0 Å². The van der Waals surface area contributed by atoms with Gasteiger partial charge >= 0.3 is 6.03 Å². The Kier molecular flexibility index (Phi) is 8.21. The molecule has 0 radical (unpaired) electrons. The maximum absolute atomic E-state index is 13.4. The smallest absolute Gasteiger partial charge is 0.326 e. The Morgan fingerprint density at radius 1 is 1.21 bits per heavy atom. The number of amides is 3. The van der Waals surface area contributed by atoms with Gasteiger partial charge in [0, 0.05) is 45.2 Å². The third-order valence-electron chi connectivity index (χ3n) is 5.36. The molecule has 3 amide bonds. The summed E-state index contributed by atoms with van der Waals surface area (Å²) in [5, 5.41) is 3.32. The molecule has 11 heteroatoms. The highest BCUT2D eigenvalue weighted by Gasteiger charge is 2.26. The molecule has 0 unspecified atom stereocenters. The molecule has 2 aromatic heterocycles. The summed E-state index contributed by atoms with van der Waals surface area (Å²) >= 11 is 1.16. The molecule has 1 saturated heterocycles. The molecule has 34 heavy (non-hydrogen) atoms. The van der Waals surface area contributed by atoms with Gasteiger partial charge in [0.05, 0.1) is 25.7 Å². The molecule has 180 valence electrons. The molecular formula is C23H27FN6O3S. The number of hydrogen-bond donors (Lipinski definition) is 1. The summed E-state index contributed by atoms with van der Waals surface area (Å²) in [5.74, 6) is -0.570. The van der Waals surface area contributed by atoms with Crippen molar-refractivity contribution in [3.63, 3.8) is 0 Å². The van der Waals surface area contributed by atoms with Crippen molar-refractivity contribution in [1.29, 1.82) is 0 Å². The molecule has 0 spiro atoms. The van der Waals surface area contributed by atoms with Crippen LogP contribution in [0.4, 0.5) is 14.3 Å². The standard InChI is InChI=1S/C23H27FN6O3S/c24-19-5-3-18(4-6-19)16-30(23(32)29-10-2-13-33-14-12-29)22-27-15-20(34-22)21(31)26-7-1-9-28-11-8-25-17-28/h3-6,8,11,15,17H,1-2,7,9-10,12-14,16H2,(H,26,31). The first-order chi connectivity index (χ1) is 16.6. The minimum atomic E-state index is -0.340. The van der Waals surface area contributed by atoms with Crippen LogP contribution in [0.15, 0.2) is 49.2 Å². The Hall–Kier alpha value is -3.31. The molecule has 1 aliphatic heterocycles. The van der Waals surface area contributed by atoms with E-state index in [9.17, 15) is 14.0 Å². The summed E-state index contributed by atoms with van der Waals surface area (Å²) in [4.78, 5) is 38.1. The normalized spacial score (nSPS) is 14.0. The van der Waals surface area contributed by atoms with Crippen molar-refractivity contribution in [2.75, 3.05) is 37.7 Å². The summed E-state index contributed by atoms with van der Waals surface area (Å²) < 4.78 is 20.8. The summed E-state index contributed by atoms with van der Waals surface area (Å²) in [6.07, 6.45) is 8.33.